The van der Waals surface area contributed by atoms with Crippen molar-refractivity contribution >= 4 is 50.7 Å². The third kappa shape index (κ3) is 9.36. The molecular weight excluding hydrogens is 709 g/mol. The predicted octanol–water partition coefficient (Wildman–Crippen LogP) is 7.60. The van der Waals surface area contributed by atoms with Gasteiger partial charge in [0.05, 0.1) is 24.8 Å². The SMILES string of the molecule is COc1ccc(S(=O)(=O)N(CC(=O)N(Cc2c(Cl)cccc2Cl)[C@@H](Cc2ccccc2)C(=O)NC2CCCCC2)c2ccc(C)cc2)cc1OC. The Hall–Kier alpha value is -4.25. The molecule has 51 heavy (non-hydrogen) atoms. The number of benzene rings is 4. The molecule has 1 N–H and O–H groups in total. The molecule has 0 aliphatic heterocycles. The van der Waals surface area contributed by atoms with Crippen LogP contribution in [0.15, 0.2) is 95.9 Å². The standard InChI is InChI=1S/C39H43Cl2N3O6S/c1-27-17-19-30(20-18-27)44(51(47,48)31-21-22-36(49-2)37(24-31)50-3)26-38(45)43(25-32-33(40)15-10-16-34(32)41)35(23-28-11-6-4-7-12-28)39(46)42-29-13-8-5-9-14-29/h4,6-7,10-12,15-22,24,29,35H,5,8-9,13-14,23,25-26H2,1-3H3,(H,42,46)/t35-/m0/s1. The summed E-state index contributed by atoms with van der Waals surface area (Å²) in [5.41, 5.74) is 2.46. The summed E-state index contributed by atoms with van der Waals surface area (Å²) in [6.45, 7) is 1.13. The first kappa shape index (κ1) is 38.0. The fourth-order valence-corrected chi connectivity index (χ4v) is 8.24. The van der Waals surface area contributed by atoms with Crippen LogP contribution in [0.2, 0.25) is 10.0 Å². The second-order valence-electron chi connectivity index (χ2n) is 12.6. The Balaban J connectivity index is 1.60. The number of anilines is 1. The van der Waals surface area contributed by atoms with Gasteiger partial charge in [-0.3, -0.25) is 13.9 Å². The number of aryl methyl sites for hydroxylation is 1. The average Bonchev–Trinajstić information content (AvgIpc) is 3.13. The molecule has 12 heteroatoms. The van der Waals surface area contributed by atoms with E-state index >= 15 is 0 Å². The van der Waals surface area contributed by atoms with Crippen molar-refractivity contribution in [1.29, 1.82) is 0 Å². The fourth-order valence-electron chi connectivity index (χ4n) is 6.30. The molecule has 4 aromatic carbocycles. The van der Waals surface area contributed by atoms with Gasteiger partial charge in [-0.2, -0.15) is 0 Å². The Labute approximate surface area is 310 Å². The second-order valence-corrected chi connectivity index (χ2v) is 15.3. The number of halogens is 2. The quantitative estimate of drug-likeness (QED) is 0.142. The van der Waals surface area contributed by atoms with Gasteiger partial charge in [-0.05, 0) is 61.7 Å². The molecule has 0 bridgehead atoms. The van der Waals surface area contributed by atoms with Crippen LogP contribution >= 0.6 is 23.2 Å². The van der Waals surface area contributed by atoms with Gasteiger partial charge in [0.1, 0.15) is 12.6 Å². The number of nitrogens with zero attached hydrogens (tertiary/aromatic N) is 2. The zero-order chi connectivity index (χ0) is 36.5. The average molecular weight is 753 g/mol. The highest BCUT2D eigenvalue weighted by atomic mass is 35.5. The van der Waals surface area contributed by atoms with E-state index in [0.717, 1.165) is 47.5 Å². The van der Waals surface area contributed by atoms with Crippen LogP contribution in [-0.4, -0.2) is 58.0 Å². The van der Waals surface area contributed by atoms with E-state index in [1.165, 1.54) is 37.3 Å². The molecule has 1 atom stereocenters. The van der Waals surface area contributed by atoms with E-state index in [1.54, 1.807) is 42.5 Å². The summed E-state index contributed by atoms with van der Waals surface area (Å²) in [6.07, 6.45) is 4.99. The van der Waals surface area contributed by atoms with E-state index in [2.05, 4.69) is 5.32 Å². The first-order valence-corrected chi connectivity index (χ1v) is 19.1. The van der Waals surface area contributed by atoms with E-state index in [9.17, 15) is 18.0 Å². The lowest BCUT2D eigenvalue weighted by Gasteiger charge is -2.35. The highest BCUT2D eigenvalue weighted by Gasteiger charge is 2.36. The molecule has 270 valence electrons. The van der Waals surface area contributed by atoms with Gasteiger partial charge < -0.3 is 19.7 Å². The van der Waals surface area contributed by atoms with Gasteiger partial charge in [0, 0.05) is 40.7 Å². The molecule has 9 nitrogen and oxygen atoms in total. The summed E-state index contributed by atoms with van der Waals surface area (Å²) in [5.74, 6) is -0.377. The minimum Gasteiger partial charge on any atom is -0.493 e. The number of rotatable bonds is 14. The van der Waals surface area contributed by atoms with Crippen molar-refractivity contribution in [2.45, 2.75) is 69.0 Å². The number of nitrogens with one attached hydrogen (secondary N) is 1. The zero-order valence-corrected chi connectivity index (χ0v) is 31.3. The Morgan fingerprint density at radius 1 is 0.843 bits per heavy atom. The highest BCUT2D eigenvalue weighted by Crippen LogP contribution is 2.33. The molecule has 1 aliphatic rings. The van der Waals surface area contributed by atoms with Crippen molar-refractivity contribution in [2.24, 2.45) is 0 Å². The van der Waals surface area contributed by atoms with Crippen LogP contribution in [0.1, 0.15) is 48.8 Å². The number of carbonyl (C=O) groups excluding carboxylic acids is 2. The molecule has 2 amide bonds. The third-order valence-electron chi connectivity index (χ3n) is 9.16. The molecule has 0 radical (unpaired) electrons. The van der Waals surface area contributed by atoms with Crippen LogP contribution < -0.4 is 19.1 Å². The number of carbonyl (C=O) groups is 2. The maximum atomic E-state index is 14.9. The van der Waals surface area contributed by atoms with Crippen LogP contribution in [0, 0.1) is 6.92 Å². The molecule has 1 fully saturated rings. The van der Waals surface area contributed by atoms with Gasteiger partial charge in [-0.15, -0.1) is 0 Å². The van der Waals surface area contributed by atoms with Crippen LogP contribution in [0.4, 0.5) is 5.69 Å². The van der Waals surface area contributed by atoms with Crippen molar-refractivity contribution in [3.8, 4) is 11.5 Å². The summed E-state index contributed by atoms with van der Waals surface area (Å²) in [7, 11) is -1.50. The van der Waals surface area contributed by atoms with E-state index in [-0.39, 0.29) is 41.2 Å². The van der Waals surface area contributed by atoms with Crippen molar-refractivity contribution in [2.75, 3.05) is 25.1 Å². The van der Waals surface area contributed by atoms with Gasteiger partial charge in [-0.1, -0.05) is 96.6 Å². The molecule has 0 saturated heterocycles. The van der Waals surface area contributed by atoms with Crippen molar-refractivity contribution in [1.82, 2.24) is 10.2 Å². The lowest BCUT2D eigenvalue weighted by atomic mass is 9.94. The molecule has 0 aromatic heterocycles. The molecule has 0 spiro atoms. The van der Waals surface area contributed by atoms with Gasteiger partial charge in [0.15, 0.2) is 11.5 Å². The Morgan fingerprint density at radius 2 is 1.49 bits per heavy atom. The lowest BCUT2D eigenvalue weighted by Crippen LogP contribution is -2.55. The summed E-state index contributed by atoms with van der Waals surface area (Å²) in [4.78, 5) is 30.5. The Morgan fingerprint density at radius 3 is 2.12 bits per heavy atom. The van der Waals surface area contributed by atoms with Crippen molar-refractivity contribution in [3.05, 3.63) is 118 Å². The van der Waals surface area contributed by atoms with Crippen LogP contribution in [-0.2, 0) is 32.6 Å². The number of hydrogen-bond acceptors (Lipinski definition) is 6. The van der Waals surface area contributed by atoms with E-state index < -0.39 is 28.5 Å². The number of amides is 2. The van der Waals surface area contributed by atoms with Crippen LogP contribution in [0.5, 0.6) is 11.5 Å². The van der Waals surface area contributed by atoms with E-state index in [1.807, 2.05) is 37.3 Å². The fraction of sp³-hybridized carbons (Fsp3) is 0.333. The predicted molar refractivity (Wildman–Crippen MR) is 201 cm³/mol. The van der Waals surface area contributed by atoms with Crippen LogP contribution in [0.25, 0.3) is 0 Å². The summed E-state index contributed by atoms with van der Waals surface area (Å²) < 4.78 is 40.8. The normalized spacial score (nSPS) is 14.0. The largest absolute Gasteiger partial charge is 0.493 e. The summed E-state index contributed by atoms with van der Waals surface area (Å²) >= 11 is 13.3. The molecule has 0 unspecified atom stereocenters. The monoisotopic (exact) mass is 751 g/mol. The molecule has 1 saturated carbocycles. The van der Waals surface area contributed by atoms with Crippen LogP contribution in [0.3, 0.4) is 0 Å². The van der Waals surface area contributed by atoms with Crippen molar-refractivity contribution in [3.63, 3.8) is 0 Å². The second kappa shape index (κ2) is 17.3. The number of methoxy groups -OCH3 is 2. The van der Waals surface area contributed by atoms with Gasteiger partial charge in [0.25, 0.3) is 10.0 Å². The van der Waals surface area contributed by atoms with Gasteiger partial charge >= 0.3 is 0 Å². The Kier molecular flexibility index (Phi) is 12.9. The minimum absolute atomic E-state index is 0.0279. The lowest BCUT2D eigenvalue weighted by molar-refractivity contribution is -0.140. The first-order chi connectivity index (χ1) is 24.5. The molecule has 1 aliphatic carbocycles. The topological polar surface area (TPSA) is 105 Å². The van der Waals surface area contributed by atoms with Gasteiger partial charge in [-0.25, -0.2) is 8.42 Å². The number of hydrogen-bond donors (Lipinski definition) is 1. The van der Waals surface area contributed by atoms with Crippen molar-refractivity contribution < 1.29 is 27.5 Å². The maximum absolute atomic E-state index is 14.9. The maximum Gasteiger partial charge on any atom is 0.264 e. The van der Waals surface area contributed by atoms with E-state index in [0.29, 0.717) is 21.4 Å². The Bertz CT molecular complexity index is 1900. The first-order valence-electron chi connectivity index (χ1n) is 16.9. The third-order valence-corrected chi connectivity index (χ3v) is 11.6. The molecule has 4 aromatic rings. The molecule has 0 heterocycles. The minimum atomic E-state index is -4.37. The number of ether oxygens (including phenoxy) is 2. The number of sulfonamides is 1. The molecule has 5 rings (SSSR count). The molecular formula is C39H43Cl2N3O6S. The summed E-state index contributed by atoms with van der Waals surface area (Å²) in [5, 5.41) is 3.84. The smallest absolute Gasteiger partial charge is 0.264 e. The highest BCUT2D eigenvalue weighted by molar-refractivity contribution is 7.92. The van der Waals surface area contributed by atoms with Gasteiger partial charge in [0.2, 0.25) is 11.8 Å². The summed E-state index contributed by atoms with van der Waals surface area (Å²) in [6, 6.07) is 24.5. The van der Waals surface area contributed by atoms with E-state index in [4.69, 9.17) is 32.7 Å². The zero-order valence-electron chi connectivity index (χ0n) is 29.0.